The minimum absolute atomic E-state index is 0.0113. The van der Waals surface area contributed by atoms with Crippen LogP contribution in [0.4, 0.5) is 10.5 Å². The van der Waals surface area contributed by atoms with Gasteiger partial charge in [0.1, 0.15) is 0 Å². The number of urea groups is 1. The molecule has 3 amide bonds. The van der Waals surface area contributed by atoms with E-state index in [9.17, 15) is 9.59 Å². The predicted octanol–water partition coefficient (Wildman–Crippen LogP) is 0.294. The molecule has 8 heteroatoms. The zero-order valence-electron chi connectivity index (χ0n) is 13.8. The van der Waals surface area contributed by atoms with Gasteiger partial charge in [0.05, 0.1) is 25.0 Å². The Balaban J connectivity index is 1.87. The molecule has 0 saturated carbocycles. The van der Waals surface area contributed by atoms with Crippen LogP contribution in [0.2, 0.25) is 0 Å². The van der Waals surface area contributed by atoms with Crippen LogP contribution >= 0.6 is 0 Å². The minimum atomic E-state index is -0.153. The summed E-state index contributed by atoms with van der Waals surface area (Å²) in [5.41, 5.74) is 1.37. The molecule has 2 rings (SSSR count). The number of methoxy groups -OCH3 is 1. The second-order valence-corrected chi connectivity index (χ2v) is 5.35. The zero-order valence-corrected chi connectivity index (χ0v) is 13.8. The number of pyridine rings is 1. The van der Waals surface area contributed by atoms with Gasteiger partial charge in [0, 0.05) is 39.3 Å². The Morgan fingerprint density at radius 1 is 1.26 bits per heavy atom. The van der Waals surface area contributed by atoms with E-state index < -0.39 is 0 Å². The fourth-order valence-corrected chi connectivity index (χ4v) is 2.37. The number of nitrogens with one attached hydrogen (secondary N) is 2. The number of hydrogen-bond donors (Lipinski definition) is 2. The van der Waals surface area contributed by atoms with Gasteiger partial charge in [-0.1, -0.05) is 0 Å². The highest BCUT2D eigenvalue weighted by atomic mass is 16.5. The van der Waals surface area contributed by atoms with Crippen LogP contribution in [-0.2, 0) is 4.79 Å². The molecule has 0 aromatic carbocycles. The van der Waals surface area contributed by atoms with Crippen molar-refractivity contribution in [3.8, 4) is 5.88 Å². The lowest BCUT2D eigenvalue weighted by molar-refractivity contribution is -0.122. The third-order valence-corrected chi connectivity index (χ3v) is 3.82. The lowest BCUT2D eigenvalue weighted by atomic mass is 10.3. The number of carbonyl (C=O) groups is 2. The monoisotopic (exact) mass is 321 g/mol. The molecule has 0 bridgehead atoms. The second-order valence-electron chi connectivity index (χ2n) is 5.35. The Morgan fingerprint density at radius 2 is 1.96 bits per heavy atom. The quantitative estimate of drug-likeness (QED) is 0.832. The Labute approximate surface area is 135 Å². The third kappa shape index (κ3) is 4.56. The van der Waals surface area contributed by atoms with E-state index in [0.717, 1.165) is 0 Å². The van der Waals surface area contributed by atoms with E-state index >= 15 is 0 Å². The first-order valence-electron chi connectivity index (χ1n) is 7.54. The van der Waals surface area contributed by atoms with E-state index in [-0.39, 0.29) is 11.9 Å². The van der Waals surface area contributed by atoms with Crippen molar-refractivity contribution >= 4 is 17.6 Å². The van der Waals surface area contributed by atoms with Crippen molar-refractivity contribution in [1.82, 2.24) is 20.1 Å². The number of carbonyl (C=O) groups excluding carboxylic acids is 2. The van der Waals surface area contributed by atoms with Crippen molar-refractivity contribution in [3.05, 3.63) is 17.8 Å². The molecule has 0 radical (unpaired) electrons. The highest BCUT2D eigenvalue weighted by molar-refractivity contribution is 5.90. The number of likely N-dealkylation sites (N-methyl/N-ethyl adjacent to an activating group) is 1. The molecule has 0 atom stereocenters. The largest absolute Gasteiger partial charge is 0.481 e. The first-order chi connectivity index (χ1) is 11.0. The number of amides is 3. The van der Waals surface area contributed by atoms with Crippen LogP contribution in [-0.4, -0.2) is 73.6 Å². The fraction of sp³-hybridized carbons (Fsp3) is 0.533. The van der Waals surface area contributed by atoms with Gasteiger partial charge >= 0.3 is 6.03 Å². The van der Waals surface area contributed by atoms with Crippen LogP contribution in [0.25, 0.3) is 0 Å². The van der Waals surface area contributed by atoms with Gasteiger partial charge in [-0.2, -0.15) is 0 Å². The van der Waals surface area contributed by atoms with Gasteiger partial charge in [-0.3, -0.25) is 9.69 Å². The van der Waals surface area contributed by atoms with Gasteiger partial charge in [-0.15, -0.1) is 0 Å². The zero-order chi connectivity index (χ0) is 16.8. The van der Waals surface area contributed by atoms with Crippen molar-refractivity contribution in [1.29, 1.82) is 0 Å². The average molecular weight is 321 g/mol. The molecule has 126 valence electrons. The lowest BCUT2D eigenvalue weighted by Gasteiger charge is -2.34. The van der Waals surface area contributed by atoms with E-state index in [1.54, 1.807) is 31.2 Å². The third-order valence-electron chi connectivity index (χ3n) is 3.82. The van der Waals surface area contributed by atoms with E-state index in [1.807, 2.05) is 11.8 Å². The highest BCUT2D eigenvalue weighted by Crippen LogP contribution is 2.17. The van der Waals surface area contributed by atoms with E-state index in [4.69, 9.17) is 4.74 Å². The fourth-order valence-electron chi connectivity index (χ4n) is 2.37. The standard InChI is InChI=1S/C15H23N5O3/c1-11-12(4-5-14(17-11)23-3)18-15(22)20-8-6-19(7-9-20)10-13(21)16-2/h4-5H,6-10H2,1-3H3,(H,16,21)(H,18,22). The van der Waals surface area contributed by atoms with Crippen LogP contribution in [0.1, 0.15) is 5.69 Å². The average Bonchev–Trinajstić information content (AvgIpc) is 2.57. The molecule has 23 heavy (non-hydrogen) atoms. The van der Waals surface area contributed by atoms with Crippen LogP contribution in [0.15, 0.2) is 12.1 Å². The Hall–Kier alpha value is -2.35. The van der Waals surface area contributed by atoms with Crippen LogP contribution in [0.5, 0.6) is 5.88 Å². The van der Waals surface area contributed by atoms with E-state index in [2.05, 4.69) is 15.6 Å². The molecule has 1 aliphatic heterocycles. The summed E-state index contributed by atoms with van der Waals surface area (Å²) in [7, 11) is 3.18. The van der Waals surface area contributed by atoms with Crippen molar-refractivity contribution in [2.75, 3.05) is 52.2 Å². The maximum Gasteiger partial charge on any atom is 0.321 e. The molecule has 1 saturated heterocycles. The number of hydrogen-bond acceptors (Lipinski definition) is 5. The summed E-state index contributed by atoms with van der Waals surface area (Å²) in [5.74, 6) is 0.506. The molecule has 1 fully saturated rings. The maximum absolute atomic E-state index is 12.3. The lowest BCUT2D eigenvalue weighted by Crippen LogP contribution is -2.51. The molecule has 8 nitrogen and oxygen atoms in total. The molecular weight excluding hydrogens is 298 g/mol. The normalized spacial score (nSPS) is 15.2. The van der Waals surface area contributed by atoms with Crippen LogP contribution in [0, 0.1) is 6.92 Å². The van der Waals surface area contributed by atoms with Crippen LogP contribution in [0.3, 0.4) is 0 Å². The molecule has 2 N–H and O–H groups in total. The first kappa shape index (κ1) is 17.0. The van der Waals surface area contributed by atoms with Gasteiger partial charge in [0.2, 0.25) is 11.8 Å². The first-order valence-corrected chi connectivity index (χ1v) is 7.54. The molecule has 1 aromatic rings. The van der Waals surface area contributed by atoms with Gasteiger partial charge < -0.3 is 20.3 Å². The molecule has 1 aliphatic rings. The Bertz CT molecular complexity index is 570. The topological polar surface area (TPSA) is 86.8 Å². The number of anilines is 1. The molecule has 0 aliphatic carbocycles. The van der Waals surface area contributed by atoms with Crippen molar-refractivity contribution < 1.29 is 14.3 Å². The summed E-state index contributed by atoms with van der Waals surface area (Å²) in [6.07, 6.45) is 0. The van der Waals surface area contributed by atoms with E-state index in [0.29, 0.717) is 50.0 Å². The van der Waals surface area contributed by atoms with Gasteiger partial charge in [-0.25, -0.2) is 9.78 Å². The second kappa shape index (κ2) is 7.77. The van der Waals surface area contributed by atoms with Gasteiger partial charge in [-0.05, 0) is 13.0 Å². The van der Waals surface area contributed by atoms with Gasteiger partial charge in [0.15, 0.2) is 0 Å². The van der Waals surface area contributed by atoms with Crippen LogP contribution < -0.4 is 15.4 Å². The molecular formula is C15H23N5O3. The Morgan fingerprint density at radius 3 is 2.52 bits per heavy atom. The van der Waals surface area contributed by atoms with Crippen molar-refractivity contribution in [2.45, 2.75) is 6.92 Å². The van der Waals surface area contributed by atoms with Crippen molar-refractivity contribution in [3.63, 3.8) is 0 Å². The van der Waals surface area contributed by atoms with Crippen molar-refractivity contribution in [2.24, 2.45) is 0 Å². The van der Waals surface area contributed by atoms with Gasteiger partial charge in [0.25, 0.3) is 0 Å². The number of ether oxygens (including phenoxy) is 1. The molecule has 2 heterocycles. The summed E-state index contributed by atoms with van der Waals surface area (Å²) in [5, 5.41) is 5.47. The number of aromatic nitrogens is 1. The number of piperazine rings is 1. The van der Waals surface area contributed by atoms with E-state index in [1.165, 1.54) is 0 Å². The number of nitrogens with zero attached hydrogens (tertiary/aromatic N) is 3. The maximum atomic E-state index is 12.3. The highest BCUT2D eigenvalue weighted by Gasteiger charge is 2.22. The summed E-state index contributed by atoms with van der Waals surface area (Å²) >= 11 is 0. The SMILES string of the molecule is CNC(=O)CN1CCN(C(=O)Nc2ccc(OC)nc2C)CC1. The summed E-state index contributed by atoms with van der Waals surface area (Å²) in [4.78, 5) is 31.7. The molecule has 0 unspecified atom stereocenters. The smallest absolute Gasteiger partial charge is 0.321 e. The minimum Gasteiger partial charge on any atom is -0.481 e. The number of rotatable bonds is 4. The molecule has 1 aromatic heterocycles. The summed E-state index contributed by atoms with van der Waals surface area (Å²) in [6, 6.07) is 3.34. The number of aryl methyl sites for hydroxylation is 1. The molecule has 0 spiro atoms. The summed E-state index contributed by atoms with van der Waals surface area (Å²) in [6.45, 7) is 4.73. The Kier molecular flexibility index (Phi) is 5.75. The summed E-state index contributed by atoms with van der Waals surface area (Å²) < 4.78 is 5.05. The predicted molar refractivity (Wildman–Crippen MR) is 86.6 cm³/mol.